The molecule has 2 aliphatic heterocycles. The Kier molecular flexibility index (Phi) is 5.03. The number of nitrogens with zero attached hydrogens (tertiary/aromatic N) is 3. The number of aromatic nitrogens is 3. The van der Waals surface area contributed by atoms with E-state index in [1.54, 1.807) is 24.8 Å². The van der Waals surface area contributed by atoms with Crippen molar-refractivity contribution < 1.29 is 14.2 Å². The summed E-state index contributed by atoms with van der Waals surface area (Å²) in [5, 5.41) is 10.2. The normalized spacial score (nSPS) is 18.3. The van der Waals surface area contributed by atoms with Gasteiger partial charge >= 0.3 is 0 Å². The van der Waals surface area contributed by atoms with Crippen LogP contribution >= 0.6 is 11.3 Å². The number of rotatable bonds is 5. The molecule has 0 saturated carbocycles. The SMILES string of the molecule is CCOc1ccc([C@@H]2Oc3ccc(C)cc3C3=C2[C@@H](c2cccs2)n2ncnc2N3)cc1OC. The van der Waals surface area contributed by atoms with Gasteiger partial charge in [-0.1, -0.05) is 23.8 Å². The smallest absolute Gasteiger partial charge is 0.226 e. The summed E-state index contributed by atoms with van der Waals surface area (Å²) in [5.74, 6) is 2.93. The van der Waals surface area contributed by atoms with Crippen LogP contribution in [0.5, 0.6) is 17.2 Å². The van der Waals surface area contributed by atoms with Gasteiger partial charge in [-0.25, -0.2) is 4.68 Å². The van der Waals surface area contributed by atoms with Crippen molar-refractivity contribution in [2.45, 2.75) is 26.0 Å². The molecule has 0 bridgehead atoms. The summed E-state index contributed by atoms with van der Waals surface area (Å²) in [6, 6.07) is 16.3. The standard InChI is InChI=1S/C26H24N4O3S/c1-4-32-19-10-8-16(13-20(19)31-3)25-22-23(17-12-15(2)7-9-18(17)33-25)29-26-27-14-28-30(26)24(22)21-6-5-11-34-21/h5-14,24-25H,4H2,1-3H3,(H,27,28,29)/t24-,25+/m1/s1. The molecule has 7 nitrogen and oxygen atoms in total. The van der Waals surface area contributed by atoms with E-state index in [4.69, 9.17) is 14.2 Å². The van der Waals surface area contributed by atoms with Crippen molar-refractivity contribution in [1.82, 2.24) is 14.8 Å². The van der Waals surface area contributed by atoms with E-state index in [9.17, 15) is 0 Å². The molecule has 2 aromatic carbocycles. The van der Waals surface area contributed by atoms with Crippen LogP contribution in [0.15, 0.2) is 65.8 Å². The van der Waals surface area contributed by atoms with Gasteiger partial charge in [-0.15, -0.1) is 11.3 Å². The lowest BCUT2D eigenvalue weighted by molar-refractivity contribution is 0.222. The highest BCUT2D eigenvalue weighted by molar-refractivity contribution is 7.10. The van der Waals surface area contributed by atoms with E-state index in [0.29, 0.717) is 18.1 Å². The predicted octanol–water partition coefficient (Wildman–Crippen LogP) is 5.62. The third-order valence-electron chi connectivity index (χ3n) is 6.17. The summed E-state index contributed by atoms with van der Waals surface area (Å²) in [6.45, 7) is 4.62. The zero-order valence-corrected chi connectivity index (χ0v) is 19.9. The van der Waals surface area contributed by atoms with Gasteiger partial charge in [-0.05, 0) is 49.6 Å². The second-order valence-corrected chi connectivity index (χ2v) is 9.22. The maximum Gasteiger partial charge on any atom is 0.226 e. The van der Waals surface area contributed by atoms with E-state index < -0.39 is 0 Å². The number of nitrogens with one attached hydrogen (secondary N) is 1. The van der Waals surface area contributed by atoms with Gasteiger partial charge in [0.05, 0.1) is 19.4 Å². The summed E-state index contributed by atoms with van der Waals surface area (Å²) in [5.41, 5.74) is 5.27. The Bertz CT molecular complexity index is 1390. The van der Waals surface area contributed by atoms with Gasteiger partial charge in [0, 0.05) is 21.6 Å². The van der Waals surface area contributed by atoms with Crippen LogP contribution in [-0.4, -0.2) is 28.5 Å². The maximum atomic E-state index is 6.71. The Hall–Kier alpha value is -3.78. The van der Waals surface area contributed by atoms with E-state index in [1.165, 1.54) is 4.88 Å². The number of hydrogen-bond acceptors (Lipinski definition) is 7. The average molecular weight is 473 g/mol. The molecule has 172 valence electrons. The average Bonchev–Trinajstić information content (AvgIpc) is 3.55. The summed E-state index contributed by atoms with van der Waals surface area (Å²) in [6.07, 6.45) is 1.24. The Morgan fingerprint density at radius 2 is 2.06 bits per heavy atom. The minimum absolute atomic E-state index is 0.148. The molecule has 1 N–H and O–H groups in total. The zero-order valence-electron chi connectivity index (χ0n) is 19.1. The van der Waals surface area contributed by atoms with Crippen LogP contribution in [0.3, 0.4) is 0 Å². The highest BCUT2D eigenvalue weighted by Gasteiger charge is 2.41. The molecule has 6 rings (SSSR count). The van der Waals surface area contributed by atoms with Gasteiger partial charge in [0.2, 0.25) is 5.95 Å². The molecular weight excluding hydrogens is 448 g/mol. The number of methoxy groups -OCH3 is 1. The van der Waals surface area contributed by atoms with Crippen molar-refractivity contribution in [3.63, 3.8) is 0 Å². The van der Waals surface area contributed by atoms with Crippen molar-refractivity contribution in [1.29, 1.82) is 0 Å². The third-order valence-corrected chi connectivity index (χ3v) is 7.10. The Morgan fingerprint density at radius 1 is 1.15 bits per heavy atom. The molecule has 0 aliphatic carbocycles. The van der Waals surface area contributed by atoms with Crippen LogP contribution in [0, 0.1) is 6.92 Å². The fourth-order valence-electron chi connectivity index (χ4n) is 4.70. The van der Waals surface area contributed by atoms with Crippen LogP contribution in [-0.2, 0) is 0 Å². The molecule has 0 unspecified atom stereocenters. The lowest BCUT2D eigenvalue weighted by Crippen LogP contribution is -2.32. The number of aryl methyl sites for hydroxylation is 1. The minimum atomic E-state index is -0.355. The Labute approximate surface area is 201 Å². The van der Waals surface area contributed by atoms with Crippen molar-refractivity contribution in [3.05, 3.63) is 87.4 Å². The Morgan fingerprint density at radius 3 is 2.85 bits per heavy atom. The van der Waals surface area contributed by atoms with Crippen LogP contribution in [0.1, 0.15) is 40.6 Å². The highest BCUT2D eigenvalue weighted by Crippen LogP contribution is 2.52. The lowest BCUT2D eigenvalue weighted by atomic mass is 9.86. The van der Waals surface area contributed by atoms with Gasteiger partial charge in [-0.3, -0.25) is 0 Å². The van der Waals surface area contributed by atoms with Gasteiger partial charge in [0.25, 0.3) is 0 Å². The Balaban J connectivity index is 1.58. The van der Waals surface area contributed by atoms with Crippen LogP contribution in [0.2, 0.25) is 0 Å². The first-order chi connectivity index (χ1) is 16.7. The molecule has 4 aromatic rings. The van der Waals surface area contributed by atoms with Crippen LogP contribution < -0.4 is 19.5 Å². The first kappa shape index (κ1) is 20.8. The number of anilines is 1. The summed E-state index contributed by atoms with van der Waals surface area (Å²) >= 11 is 1.70. The molecule has 0 radical (unpaired) electrons. The molecule has 0 spiro atoms. The molecule has 4 heterocycles. The van der Waals surface area contributed by atoms with Gasteiger partial charge in [0.15, 0.2) is 11.5 Å². The lowest BCUT2D eigenvalue weighted by Gasteiger charge is -2.38. The second kappa shape index (κ2) is 8.22. The molecule has 2 atom stereocenters. The molecule has 34 heavy (non-hydrogen) atoms. The molecule has 2 aromatic heterocycles. The van der Waals surface area contributed by atoms with Gasteiger partial charge < -0.3 is 19.5 Å². The van der Waals surface area contributed by atoms with Gasteiger partial charge in [0.1, 0.15) is 24.2 Å². The van der Waals surface area contributed by atoms with E-state index in [0.717, 1.165) is 39.7 Å². The van der Waals surface area contributed by atoms with E-state index in [-0.39, 0.29) is 12.1 Å². The molecule has 8 heteroatoms. The largest absolute Gasteiger partial charge is 0.493 e. The molecular formula is C26H24N4O3S. The van der Waals surface area contributed by atoms with Crippen molar-refractivity contribution in [2.24, 2.45) is 0 Å². The van der Waals surface area contributed by atoms with Crippen LogP contribution in [0.4, 0.5) is 5.95 Å². The number of ether oxygens (including phenoxy) is 3. The molecule has 0 saturated heterocycles. The van der Waals surface area contributed by atoms with Gasteiger partial charge in [-0.2, -0.15) is 10.1 Å². The summed E-state index contributed by atoms with van der Waals surface area (Å²) in [7, 11) is 1.66. The number of thiophene rings is 1. The quantitative estimate of drug-likeness (QED) is 0.407. The van der Waals surface area contributed by atoms with E-state index in [2.05, 4.69) is 52.0 Å². The topological polar surface area (TPSA) is 70.4 Å². The van der Waals surface area contributed by atoms with Crippen molar-refractivity contribution in [2.75, 3.05) is 19.0 Å². The second-order valence-electron chi connectivity index (χ2n) is 8.24. The summed E-state index contributed by atoms with van der Waals surface area (Å²) in [4.78, 5) is 5.66. The van der Waals surface area contributed by atoms with E-state index >= 15 is 0 Å². The molecule has 0 amide bonds. The number of benzene rings is 2. The number of fused-ring (bicyclic) bond motifs is 3. The summed E-state index contributed by atoms with van der Waals surface area (Å²) < 4.78 is 20.1. The molecule has 2 aliphatic rings. The van der Waals surface area contributed by atoms with E-state index in [1.807, 2.05) is 35.9 Å². The predicted molar refractivity (Wildman–Crippen MR) is 132 cm³/mol. The first-order valence-corrected chi connectivity index (χ1v) is 12.1. The fraction of sp³-hybridized carbons (Fsp3) is 0.231. The highest BCUT2D eigenvalue weighted by atomic mass is 32.1. The zero-order chi connectivity index (χ0) is 23.2. The third kappa shape index (κ3) is 3.25. The van der Waals surface area contributed by atoms with Crippen molar-refractivity contribution in [3.8, 4) is 17.2 Å². The van der Waals surface area contributed by atoms with Crippen LogP contribution in [0.25, 0.3) is 5.70 Å². The van der Waals surface area contributed by atoms with Crippen molar-refractivity contribution >= 4 is 23.0 Å². The molecule has 0 fully saturated rings. The first-order valence-electron chi connectivity index (χ1n) is 11.2. The number of hydrogen-bond donors (Lipinski definition) is 1. The monoisotopic (exact) mass is 472 g/mol. The minimum Gasteiger partial charge on any atom is -0.493 e. The maximum absolute atomic E-state index is 6.71. The fourth-order valence-corrected chi connectivity index (χ4v) is 5.53.